The van der Waals surface area contributed by atoms with Gasteiger partial charge in [0.1, 0.15) is 0 Å². The summed E-state index contributed by atoms with van der Waals surface area (Å²) in [4.78, 5) is 0. The molecule has 0 saturated carbocycles. The maximum absolute atomic E-state index is 2.61. The Bertz CT molecular complexity index is 3260. The first kappa shape index (κ1) is 35.6. The molecule has 0 saturated heterocycles. The van der Waals surface area contributed by atoms with Crippen molar-refractivity contribution in [3.05, 3.63) is 193 Å². The largest absolute Gasteiger partial charge is 0.0622 e. The summed E-state index contributed by atoms with van der Waals surface area (Å²) in [6.45, 7) is 14.9. The van der Waals surface area contributed by atoms with Gasteiger partial charge in [0, 0.05) is 5.41 Å². The monoisotopic (exact) mass is 756 g/mol. The molecule has 10 aromatic rings. The summed E-state index contributed by atoms with van der Waals surface area (Å²) in [6, 6.07) is 68.4. The zero-order valence-corrected chi connectivity index (χ0v) is 34.8. The average Bonchev–Trinajstić information content (AvgIpc) is 3.60. The molecule has 0 atom stereocenters. The third-order valence-corrected chi connectivity index (χ3v) is 13.7. The van der Waals surface area contributed by atoms with E-state index in [2.05, 4.69) is 224 Å². The van der Waals surface area contributed by atoms with E-state index in [0.29, 0.717) is 0 Å². The molecule has 0 aliphatic heterocycles. The molecular weight excluding hydrogens is 709 g/mol. The predicted octanol–water partition coefficient (Wildman–Crippen LogP) is 16.8. The van der Waals surface area contributed by atoms with Gasteiger partial charge in [-0.05, 0) is 132 Å². The maximum atomic E-state index is 2.61. The van der Waals surface area contributed by atoms with E-state index in [0.717, 1.165) is 0 Å². The zero-order chi connectivity index (χ0) is 40.3. The highest BCUT2D eigenvalue weighted by molar-refractivity contribution is 6.26. The smallest absolute Gasteiger partial charge is 0.0324 e. The van der Waals surface area contributed by atoms with Crippen LogP contribution in [0.5, 0.6) is 0 Å². The van der Waals surface area contributed by atoms with Crippen molar-refractivity contribution in [1.29, 1.82) is 0 Å². The number of fused-ring (bicyclic) bond motifs is 12. The molecule has 0 spiro atoms. The molecule has 0 aromatic heterocycles. The predicted molar refractivity (Wildman–Crippen MR) is 255 cm³/mol. The van der Waals surface area contributed by atoms with Crippen LogP contribution in [0.1, 0.15) is 52.7 Å². The Morgan fingerprint density at radius 2 is 0.661 bits per heavy atom. The minimum atomic E-state index is -0.315. The number of rotatable bonds is 3. The Balaban J connectivity index is 1.32. The van der Waals surface area contributed by atoms with Crippen molar-refractivity contribution in [2.24, 2.45) is 10.8 Å². The van der Waals surface area contributed by atoms with Crippen LogP contribution in [-0.4, -0.2) is 0 Å². The van der Waals surface area contributed by atoms with Gasteiger partial charge in [0.15, 0.2) is 0 Å². The lowest BCUT2D eigenvalue weighted by Gasteiger charge is -2.54. The van der Waals surface area contributed by atoms with Gasteiger partial charge in [-0.3, -0.25) is 0 Å². The topological polar surface area (TPSA) is 0 Å². The normalized spacial score (nSPS) is 13.7. The Hall–Kier alpha value is -6.50. The first-order valence-electron chi connectivity index (χ1n) is 21.2. The van der Waals surface area contributed by atoms with Crippen molar-refractivity contribution in [3.63, 3.8) is 0 Å². The fourth-order valence-electron chi connectivity index (χ4n) is 12.0. The van der Waals surface area contributed by atoms with E-state index < -0.39 is 0 Å². The van der Waals surface area contributed by atoms with Gasteiger partial charge in [-0.2, -0.15) is 0 Å². The Morgan fingerprint density at radius 1 is 0.271 bits per heavy atom. The van der Waals surface area contributed by atoms with Crippen molar-refractivity contribution < 1.29 is 0 Å². The lowest BCUT2D eigenvalue weighted by molar-refractivity contribution is 0.0977. The fraction of sp³-hybridized carbons (Fsp3) is 0.153. The third-order valence-electron chi connectivity index (χ3n) is 13.7. The number of hydrogen-bond acceptors (Lipinski definition) is 0. The lowest BCUT2D eigenvalue weighted by atomic mass is 9.49. The summed E-state index contributed by atoms with van der Waals surface area (Å²) in [7, 11) is 0. The van der Waals surface area contributed by atoms with Gasteiger partial charge in [0.25, 0.3) is 0 Å². The van der Waals surface area contributed by atoms with Gasteiger partial charge in [0.05, 0.1) is 0 Å². The van der Waals surface area contributed by atoms with Crippen LogP contribution in [0.4, 0.5) is 0 Å². The molecule has 0 radical (unpaired) electrons. The summed E-state index contributed by atoms with van der Waals surface area (Å²) in [5.74, 6) is 0. The molecule has 0 bridgehead atoms. The minimum absolute atomic E-state index is 0.129. The summed E-state index contributed by atoms with van der Waals surface area (Å²) in [5, 5.41) is 13.1. The molecule has 0 heterocycles. The van der Waals surface area contributed by atoms with Crippen LogP contribution >= 0.6 is 0 Å². The van der Waals surface area contributed by atoms with Crippen molar-refractivity contribution in [1.82, 2.24) is 0 Å². The van der Waals surface area contributed by atoms with Gasteiger partial charge in [-0.15, -0.1) is 0 Å². The first-order chi connectivity index (χ1) is 28.6. The molecule has 0 nitrogen and oxygen atoms in total. The molecular formula is C59H48. The van der Waals surface area contributed by atoms with Gasteiger partial charge in [0.2, 0.25) is 0 Å². The van der Waals surface area contributed by atoms with Crippen LogP contribution < -0.4 is 0 Å². The van der Waals surface area contributed by atoms with Crippen LogP contribution in [0.2, 0.25) is 0 Å². The third kappa shape index (κ3) is 4.90. The van der Waals surface area contributed by atoms with E-state index in [4.69, 9.17) is 0 Å². The van der Waals surface area contributed by atoms with Gasteiger partial charge in [-0.25, -0.2) is 0 Å². The Labute approximate surface area is 347 Å². The van der Waals surface area contributed by atoms with Gasteiger partial charge in [-0.1, -0.05) is 211 Å². The molecule has 0 fully saturated rings. The summed E-state index contributed by atoms with van der Waals surface area (Å²) in [6.07, 6.45) is 0. The van der Waals surface area contributed by atoms with E-state index in [9.17, 15) is 0 Å². The molecule has 1 aliphatic rings. The average molecular weight is 757 g/mol. The highest BCUT2D eigenvalue weighted by Gasteiger charge is 2.59. The highest BCUT2D eigenvalue weighted by atomic mass is 14.6. The molecule has 0 heteroatoms. The molecule has 284 valence electrons. The molecule has 0 N–H and O–H groups in total. The van der Waals surface area contributed by atoms with Crippen molar-refractivity contribution in [2.75, 3.05) is 0 Å². The van der Waals surface area contributed by atoms with E-state index in [-0.39, 0.29) is 16.2 Å². The van der Waals surface area contributed by atoms with Crippen LogP contribution in [-0.2, 0) is 5.41 Å². The van der Waals surface area contributed by atoms with Gasteiger partial charge < -0.3 is 0 Å². The van der Waals surface area contributed by atoms with E-state index in [1.165, 1.54) is 109 Å². The second-order valence-electron chi connectivity index (χ2n) is 18.8. The molecule has 11 rings (SSSR count). The summed E-state index contributed by atoms with van der Waals surface area (Å²) in [5.41, 5.74) is 12.7. The van der Waals surface area contributed by atoms with E-state index in [1.807, 2.05) is 0 Å². The van der Waals surface area contributed by atoms with Gasteiger partial charge >= 0.3 is 0 Å². The quantitative estimate of drug-likeness (QED) is 0.124. The standard InChI is InChI=1S/C59H48/c1-57(2,3)59(58(4,5)6)55-48-33-18-12-27-42(48)50(36-51(55)54-43-28-13-10-25-40(43)41-26-11-19-34-49(41)56(54)59)53-46-31-16-14-29-44(46)52(45-30-15-17-32-47(45)53)39-24-20-23-38(35-39)37-21-8-7-9-22-37/h7-36H,1-6H3. The zero-order valence-electron chi connectivity index (χ0n) is 34.8. The number of benzene rings is 10. The van der Waals surface area contributed by atoms with Crippen molar-refractivity contribution in [2.45, 2.75) is 47.0 Å². The Kier molecular flexibility index (Phi) is 7.70. The van der Waals surface area contributed by atoms with Crippen LogP contribution in [0.15, 0.2) is 182 Å². The SMILES string of the molecule is CC(C)(C)C1(C(C)(C)C)c2c(cc(-c3c4ccccc4c(-c4cccc(-c5ccccc5)c4)c4ccccc34)c3ccccc23)-c2c1c1ccccc1c1ccccc21. The number of hydrogen-bond donors (Lipinski definition) is 0. The van der Waals surface area contributed by atoms with Crippen molar-refractivity contribution in [3.8, 4) is 44.5 Å². The molecule has 1 aliphatic carbocycles. The second-order valence-corrected chi connectivity index (χ2v) is 18.8. The minimum Gasteiger partial charge on any atom is -0.0622 e. The lowest BCUT2D eigenvalue weighted by Crippen LogP contribution is -2.50. The maximum Gasteiger partial charge on any atom is 0.0324 e. The molecule has 0 amide bonds. The van der Waals surface area contributed by atoms with Crippen LogP contribution in [0.3, 0.4) is 0 Å². The molecule has 59 heavy (non-hydrogen) atoms. The molecule has 0 unspecified atom stereocenters. The fourth-order valence-corrected chi connectivity index (χ4v) is 12.0. The summed E-state index contributed by atoms with van der Waals surface area (Å²) < 4.78 is 0. The van der Waals surface area contributed by atoms with Crippen LogP contribution in [0.25, 0.3) is 98.4 Å². The molecule has 10 aromatic carbocycles. The van der Waals surface area contributed by atoms with E-state index >= 15 is 0 Å². The second kappa shape index (κ2) is 12.7. The highest BCUT2D eigenvalue weighted by Crippen LogP contribution is 2.69. The Morgan fingerprint density at radius 3 is 1.20 bits per heavy atom. The van der Waals surface area contributed by atoms with E-state index in [1.54, 1.807) is 0 Å². The first-order valence-corrected chi connectivity index (χ1v) is 21.2. The summed E-state index contributed by atoms with van der Waals surface area (Å²) >= 11 is 0. The van der Waals surface area contributed by atoms with Crippen LogP contribution in [0, 0.1) is 10.8 Å². The van der Waals surface area contributed by atoms with Crippen molar-refractivity contribution >= 4 is 53.9 Å².